The second kappa shape index (κ2) is 7.03. The van der Waals surface area contributed by atoms with Gasteiger partial charge in [0.1, 0.15) is 5.75 Å². The number of H-pyrrole nitrogens is 1. The second-order valence-corrected chi connectivity index (χ2v) is 3.60. The highest BCUT2D eigenvalue weighted by Gasteiger charge is 2.08. The molecule has 0 amide bonds. The fourth-order valence-corrected chi connectivity index (χ4v) is 1.65. The molecule has 0 spiro atoms. The Labute approximate surface area is 113 Å². The van der Waals surface area contributed by atoms with Crippen molar-refractivity contribution in [1.82, 2.24) is 9.97 Å². The van der Waals surface area contributed by atoms with Gasteiger partial charge in [-0.05, 0) is 19.1 Å². The van der Waals surface area contributed by atoms with Crippen molar-refractivity contribution in [2.45, 2.75) is 13.5 Å². The molecule has 0 radical (unpaired) electrons. The van der Waals surface area contributed by atoms with Gasteiger partial charge < -0.3 is 14.5 Å². The van der Waals surface area contributed by atoms with Crippen LogP contribution in [0.25, 0.3) is 11.3 Å². The van der Waals surface area contributed by atoms with Crippen molar-refractivity contribution in [3.63, 3.8) is 0 Å². The lowest BCUT2D eigenvalue weighted by molar-refractivity contribution is 0.132. The van der Waals surface area contributed by atoms with Crippen molar-refractivity contribution in [2.75, 3.05) is 13.7 Å². The van der Waals surface area contributed by atoms with Crippen LogP contribution in [-0.4, -0.2) is 23.7 Å². The first kappa shape index (κ1) is 14.5. The van der Waals surface area contributed by atoms with E-state index in [2.05, 4.69) is 9.97 Å². The number of aromatic nitrogens is 2. The Balaban J connectivity index is 0.00000162. The quantitative estimate of drug-likeness (QED) is 0.907. The summed E-state index contributed by atoms with van der Waals surface area (Å²) in [6.45, 7) is 3.21. The Morgan fingerprint density at radius 1 is 1.33 bits per heavy atom. The van der Waals surface area contributed by atoms with Gasteiger partial charge in [-0.2, -0.15) is 0 Å². The van der Waals surface area contributed by atoms with Gasteiger partial charge in [0, 0.05) is 12.2 Å². The van der Waals surface area contributed by atoms with Crippen LogP contribution in [0.5, 0.6) is 5.75 Å². The predicted octanol–water partition coefficient (Wildman–Crippen LogP) is 3.04. The summed E-state index contributed by atoms with van der Waals surface area (Å²) in [5, 5.41) is 0. The molecule has 0 aliphatic rings. The van der Waals surface area contributed by atoms with Crippen molar-refractivity contribution in [3.05, 3.63) is 36.3 Å². The van der Waals surface area contributed by atoms with Crippen LogP contribution in [-0.2, 0) is 11.3 Å². The molecule has 1 heterocycles. The summed E-state index contributed by atoms with van der Waals surface area (Å²) < 4.78 is 10.6. The van der Waals surface area contributed by atoms with Crippen molar-refractivity contribution in [3.8, 4) is 17.0 Å². The van der Waals surface area contributed by atoms with E-state index in [9.17, 15) is 0 Å². The van der Waals surface area contributed by atoms with Crippen molar-refractivity contribution in [2.24, 2.45) is 0 Å². The molecule has 18 heavy (non-hydrogen) atoms. The zero-order valence-electron chi connectivity index (χ0n) is 10.5. The number of rotatable bonds is 5. The highest BCUT2D eigenvalue weighted by molar-refractivity contribution is 5.85. The van der Waals surface area contributed by atoms with E-state index in [1.54, 1.807) is 13.4 Å². The largest absolute Gasteiger partial charge is 0.497 e. The smallest absolute Gasteiger partial charge is 0.119 e. The van der Waals surface area contributed by atoms with E-state index in [1.165, 1.54) is 0 Å². The minimum absolute atomic E-state index is 0. The van der Waals surface area contributed by atoms with Crippen LogP contribution in [0.4, 0.5) is 0 Å². The number of nitrogens with one attached hydrogen (secondary N) is 1. The molecule has 2 aromatic rings. The van der Waals surface area contributed by atoms with Gasteiger partial charge in [0.25, 0.3) is 0 Å². The lowest BCUT2D eigenvalue weighted by Gasteiger charge is -2.05. The molecule has 0 saturated carbocycles. The number of ether oxygens (including phenoxy) is 2. The van der Waals surface area contributed by atoms with Gasteiger partial charge in [-0.15, -0.1) is 12.4 Å². The summed E-state index contributed by atoms with van der Waals surface area (Å²) in [6, 6.07) is 7.84. The van der Waals surface area contributed by atoms with Gasteiger partial charge in [0.05, 0.1) is 31.4 Å². The van der Waals surface area contributed by atoms with E-state index < -0.39 is 0 Å². The molecule has 0 saturated heterocycles. The summed E-state index contributed by atoms with van der Waals surface area (Å²) in [5.74, 6) is 0.827. The summed E-state index contributed by atoms with van der Waals surface area (Å²) in [5.41, 5.74) is 2.93. The SMILES string of the molecule is CCOCc1[nH]cnc1-c1cccc(OC)c1.Cl. The van der Waals surface area contributed by atoms with E-state index in [0.29, 0.717) is 13.2 Å². The summed E-state index contributed by atoms with van der Waals surface area (Å²) in [7, 11) is 1.66. The van der Waals surface area contributed by atoms with Crippen LogP contribution in [0.2, 0.25) is 0 Å². The molecule has 1 aromatic heterocycles. The van der Waals surface area contributed by atoms with E-state index in [1.807, 2.05) is 31.2 Å². The number of nitrogens with zero attached hydrogens (tertiary/aromatic N) is 1. The van der Waals surface area contributed by atoms with E-state index >= 15 is 0 Å². The van der Waals surface area contributed by atoms with Crippen molar-refractivity contribution in [1.29, 1.82) is 0 Å². The highest BCUT2D eigenvalue weighted by Crippen LogP contribution is 2.24. The predicted molar refractivity (Wildman–Crippen MR) is 73.2 cm³/mol. The Morgan fingerprint density at radius 2 is 2.17 bits per heavy atom. The average molecular weight is 269 g/mol. The maximum absolute atomic E-state index is 5.39. The van der Waals surface area contributed by atoms with Gasteiger partial charge in [-0.1, -0.05) is 12.1 Å². The number of benzene rings is 1. The van der Waals surface area contributed by atoms with Crippen molar-refractivity contribution < 1.29 is 9.47 Å². The minimum atomic E-state index is 0. The Bertz CT molecular complexity index is 485. The summed E-state index contributed by atoms with van der Waals surface area (Å²) in [4.78, 5) is 7.42. The van der Waals surface area contributed by atoms with Crippen LogP contribution in [0, 0.1) is 0 Å². The van der Waals surface area contributed by atoms with Crippen LogP contribution in [0.3, 0.4) is 0 Å². The molecule has 0 unspecified atom stereocenters. The highest BCUT2D eigenvalue weighted by atomic mass is 35.5. The average Bonchev–Trinajstić information content (AvgIpc) is 2.84. The third-order valence-corrected chi connectivity index (χ3v) is 2.51. The molecular formula is C13H17ClN2O2. The van der Waals surface area contributed by atoms with Crippen LogP contribution < -0.4 is 4.74 Å². The molecule has 0 aliphatic heterocycles. The third-order valence-electron chi connectivity index (χ3n) is 2.51. The van der Waals surface area contributed by atoms with Crippen LogP contribution in [0.1, 0.15) is 12.6 Å². The zero-order chi connectivity index (χ0) is 12.1. The first-order valence-corrected chi connectivity index (χ1v) is 5.59. The maximum Gasteiger partial charge on any atom is 0.119 e. The Hall–Kier alpha value is -1.52. The van der Waals surface area contributed by atoms with Crippen LogP contribution in [0.15, 0.2) is 30.6 Å². The van der Waals surface area contributed by atoms with Crippen molar-refractivity contribution >= 4 is 12.4 Å². The molecule has 1 aromatic carbocycles. The number of methoxy groups -OCH3 is 1. The van der Waals surface area contributed by atoms with E-state index in [4.69, 9.17) is 9.47 Å². The molecule has 0 atom stereocenters. The number of hydrogen-bond acceptors (Lipinski definition) is 3. The zero-order valence-corrected chi connectivity index (χ0v) is 11.3. The molecule has 0 aliphatic carbocycles. The Kier molecular flexibility index (Phi) is 5.68. The monoisotopic (exact) mass is 268 g/mol. The topological polar surface area (TPSA) is 47.1 Å². The standard InChI is InChI=1S/C13H16N2O2.ClH/c1-3-17-8-12-13(15-9-14-12)10-5-4-6-11(7-10)16-2;/h4-7,9H,3,8H2,1-2H3,(H,14,15);1H. The second-order valence-electron chi connectivity index (χ2n) is 3.60. The normalized spacial score (nSPS) is 9.89. The van der Waals surface area contributed by atoms with Crippen LogP contribution >= 0.6 is 12.4 Å². The molecule has 4 nitrogen and oxygen atoms in total. The fraction of sp³-hybridized carbons (Fsp3) is 0.308. The molecule has 2 rings (SSSR count). The Morgan fingerprint density at radius 3 is 2.89 bits per heavy atom. The van der Waals surface area contributed by atoms with Gasteiger partial charge in [0.2, 0.25) is 0 Å². The van der Waals surface area contributed by atoms with Gasteiger partial charge in [-0.25, -0.2) is 4.98 Å². The molecule has 1 N–H and O–H groups in total. The number of aromatic amines is 1. The van der Waals surface area contributed by atoms with Gasteiger partial charge in [0.15, 0.2) is 0 Å². The third kappa shape index (κ3) is 3.24. The van der Waals surface area contributed by atoms with E-state index in [0.717, 1.165) is 22.7 Å². The lowest BCUT2D eigenvalue weighted by Crippen LogP contribution is -1.94. The number of imidazole rings is 1. The lowest BCUT2D eigenvalue weighted by atomic mass is 10.1. The molecule has 98 valence electrons. The summed E-state index contributed by atoms with van der Waals surface area (Å²) in [6.07, 6.45) is 1.68. The fourth-order valence-electron chi connectivity index (χ4n) is 1.65. The van der Waals surface area contributed by atoms with Gasteiger partial charge >= 0.3 is 0 Å². The maximum atomic E-state index is 5.39. The molecule has 5 heteroatoms. The molecule has 0 bridgehead atoms. The first-order valence-electron chi connectivity index (χ1n) is 5.59. The van der Waals surface area contributed by atoms with Gasteiger partial charge in [-0.3, -0.25) is 0 Å². The first-order chi connectivity index (χ1) is 8.35. The van der Waals surface area contributed by atoms with E-state index in [-0.39, 0.29) is 12.4 Å². The minimum Gasteiger partial charge on any atom is -0.497 e. The number of halogens is 1. The number of hydrogen-bond donors (Lipinski definition) is 1. The summed E-state index contributed by atoms with van der Waals surface area (Å²) >= 11 is 0. The molecular weight excluding hydrogens is 252 g/mol. The molecule has 0 fully saturated rings.